The molecule has 2 amide bonds. The van der Waals surface area contributed by atoms with Gasteiger partial charge in [0.2, 0.25) is 11.8 Å². The third-order valence-corrected chi connectivity index (χ3v) is 8.48. The Balaban J connectivity index is 1.41. The van der Waals surface area contributed by atoms with E-state index < -0.39 is 6.04 Å². The van der Waals surface area contributed by atoms with Crippen LogP contribution >= 0.6 is 0 Å². The smallest absolute Gasteiger partial charge is 0.246 e. The molecule has 0 aliphatic carbocycles. The lowest BCUT2D eigenvalue weighted by atomic mass is 9.86. The van der Waals surface area contributed by atoms with Gasteiger partial charge in [-0.1, -0.05) is 57.0 Å². The second-order valence-corrected chi connectivity index (χ2v) is 11.1. The highest BCUT2D eigenvalue weighted by molar-refractivity contribution is 5.97. The van der Waals surface area contributed by atoms with E-state index in [0.717, 1.165) is 46.4 Å². The van der Waals surface area contributed by atoms with Crippen LogP contribution in [0.4, 0.5) is 0 Å². The average Bonchev–Trinajstić information content (AvgIpc) is 3.34. The molecule has 1 aromatic heterocycles. The van der Waals surface area contributed by atoms with Gasteiger partial charge in [0, 0.05) is 36.0 Å². The van der Waals surface area contributed by atoms with Crippen molar-refractivity contribution in [2.24, 2.45) is 0 Å². The molecule has 208 valence electrons. The van der Waals surface area contributed by atoms with Crippen molar-refractivity contribution in [2.75, 3.05) is 39.8 Å². The van der Waals surface area contributed by atoms with Crippen LogP contribution in [-0.4, -0.2) is 72.5 Å². The summed E-state index contributed by atoms with van der Waals surface area (Å²) >= 11 is 0. The Labute approximate surface area is 232 Å². The van der Waals surface area contributed by atoms with Gasteiger partial charge >= 0.3 is 0 Å². The van der Waals surface area contributed by atoms with Crippen molar-refractivity contribution in [2.45, 2.75) is 64.5 Å². The Kier molecular flexibility index (Phi) is 8.56. The van der Waals surface area contributed by atoms with Gasteiger partial charge in [0.15, 0.2) is 0 Å². The van der Waals surface area contributed by atoms with Crippen molar-refractivity contribution in [3.05, 3.63) is 65.4 Å². The summed E-state index contributed by atoms with van der Waals surface area (Å²) in [6.45, 7) is 8.68. The van der Waals surface area contributed by atoms with E-state index in [2.05, 4.69) is 31.0 Å². The fourth-order valence-corrected chi connectivity index (χ4v) is 6.42. The first-order valence-corrected chi connectivity index (χ1v) is 14.7. The number of para-hydroxylation sites is 1. The largest absolute Gasteiger partial charge is 0.497 e. The summed E-state index contributed by atoms with van der Waals surface area (Å²) in [6, 6.07) is 15.2. The van der Waals surface area contributed by atoms with Gasteiger partial charge in [-0.2, -0.15) is 0 Å². The molecule has 7 heteroatoms. The molecule has 3 heterocycles. The Hall–Kier alpha value is -3.32. The summed E-state index contributed by atoms with van der Waals surface area (Å²) in [5.41, 5.74) is 4.13. The Morgan fingerprint density at radius 2 is 1.72 bits per heavy atom. The van der Waals surface area contributed by atoms with Crippen LogP contribution in [-0.2, 0) is 16.0 Å². The number of rotatable bonds is 12. The second kappa shape index (κ2) is 12.2. The minimum Gasteiger partial charge on any atom is -0.497 e. The summed E-state index contributed by atoms with van der Waals surface area (Å²) < 4.78 is 5.52. The molecule has 5 rings (SSSR count). The number of piperazine rings is 1. The van der Waals surface area contributed by atoms with Crippen molar-refractivity contribution in [1.29, 1.82) is 0 Å². The number of ether oxygens (including phenoxy) is 1. The third kappa shape index (κ3) is 5.55. The van der Waals surface area contributed by atoms with Gasteiger partial charge in [0.1, 0.15) is 11.8 Å². The van der Waals surface area contributed by atoms with Gasteiger partial charge in [-0.3, -0.25) is 9.59 Å². The molecule has 0 radical (unpaired) electrons. The van der Waals surface area contributed by atoms with Gasteiger partial charge in [0.25, 0.3) is 0 Å². The normalized spacial score (nSPS) is 19.1. The lowest BCUT2D eigenvalue weighted by Gasteiger charge is -2.47. The molecule has 2 atom stereocenters. The van der Waals surface area contributed by atoms with Gasteiger partial charge in [-0.05, 0) is 42.2 Å². The van der Waals surface area contributed by atoms with E-state index in [0.29, 0.717) is 13.0 Å². The van der Waals surface area contributed by atoms with Gasteiger partial charge < -0.3 is 24.4 Å². The number of nitrogens with zero attached hydrogens (tertiary/aromatic N) is 2. The number of quaternary nitrogens is 1. The molecule has 2 aliphatic rings. The number of H-pyrrole nitrogens is 1. The highest BCUT2D eigenvalue weighted by atomic mass is 16.5. The molecule has 2 aliphatic heterocycles. The number of carbonyl (C=O) groups excluding carboxylic acids is 2. The standard InChI is InChI=1S/C32H42N4O3/c1-4-6-16-34(17-7-5-2)18-11-19-35-22-29(37)36-28(32(35)38)21-26-25-14-8-9-15-27(25)33-30(26)31(36)23-12-10-13-24(20-23)39-3/h8-10,12-15,20,28,31,33H,4-7,11,16-19,21-22H2,1-3H3/p+1/t28-,31+/m0/s1. The van der Waals surface area contributed by atoms with E-state index in [4.69, 9.17) is 4.74 Å². The van der Waals surface area contributed by atoms with Crippen LogP contribution in [0.3, 0.4) is 0 Å². The zero-order valence-corrected chi connectivity index (χ0v) is 23.7. The molecule has 2 aromatic carbocycles. The molecule has 2 N–H and O–H groups in total. The topological polar surface area (TPSA) is 70.1 Å². The van der Waals surface area contributed by atoms with Crippen molar-refractivity contribution in [3.8, 4) is 5.75 Å². The van der Waals surface area contributed by atoms with Crippen LogP contribution in [0.1, 0.15) is 68.8 Å². The van der Waals surface area contributed by atoms with Crippen LogP contribution < -0.4 is 9.64 Å². The number of amides is 2. The molecular formula is C32H43N4O3+. The summed E-state index contributed by atoms with van der Waals surface area (Å²) in [5, 5.41) is 1.13. The molecule has 0 spiro atoms. The lowest BCUT2D eigenvalue weighted by Crippen LogP contribution is -3.12. The van der Waals surface area contributed by atoms with Gasteiger partial charge in [-0.15, -0.1) is 0 Å². The van der Waals surface area contributed by atoms with Crippen molar-refractivity contribution < 1.29 is 19.2 Å². The van der Waals surface area contributed by atoms with Crippen molar-refractivity contribution in [1.82, 2.24) is 14.8 Å². The first-order chi connectivity index (χ1) is 19.0. The maximum absolute atomic E-state index is 14.0. The predicted octanol–water partition coefficient (Wildman–Crippen LogP) is 3.74. The molecule has 7 nitrogen and oxygen atoms in total. The highest BCUT2D eigenvalue weighted by Gasteiger charge is 2.48. The minimum atomic E-state index is -0.502. The van der Waals surface area contributed by atoms with Gasteiger partial charge in [0.05, 0.1) is 39.3 Å². The SMILES string of the molecule is CCCC[NH+](CCCC)CCCN1CC(=O)N2[C@H](c3cccc(OC)c3)c3[nH]c4ccccc4c3C[C@H]2C1=O. The maximum atomic E-state index is 14.0. The van der Waals surface area contributed by atoms with E-state index >= 15 is 0 Å². The number of nitrogens with one attached hydrogen (secondary N) is 2. The number of benzene rings is 2. The van der Waals surface area contributed by atoms with Gasteiger partial charge in [-0.25, -0.2) is 0 Å². The number of aromatic amines is 1. The van der Waals surface area contributed by atoms with Crippen molar-refractivity contribution >= 4 is 22.7 Å². The average molecular weight is 532 g/mol. The maximum Gasteiger partial charge on any atom is 0.246 e. The Bertz CT molecular complexity index is 1290. The molecule has 1 saturated heterocycles. The molecule has 0 bridgehead atoms. The molecular weight excluding hydrogens is 488 g/mol. The molecule has 0 saturated carbocycles. The number of hydrogen-bond donors (Lipinski definition) is 2. The van der Waals surface area contributed by atoms with E-state index in [-0.39, 0.29) is 24.4 Å². The van der Waals surface area contributed by atoms with E-state index in [1.54, 1.807) is 12.0 Å². The first-order valence-electron chi connectivity index (χ1n) is 14.7. The number of carbonyl (C=O) groups is 2. The zero-order valence-electron chi connectivity index (χ0n) is 23.7. The number of fused-ring (bicyclic) bond motifs is 4. The summed E-state index contributed by atoms with van der Waals surface area (Å²) in [7, 11) is 1.65. The molecule has 3 aromatic rings. The van der Waals surface area contributed by atoms with E-state index in [1.165, 1.54) is 38.8 Å². The fraction of sp³-hybridized carbons (Fsp3) is 0.500. The number of unbranched alkanes of at least 4 members (excludes halogenated alkanes) is 2. The van der Waals surface area contributed by atoms with Crippen molar-refractivity contribution in [3.63, 3.8) is 0 Å². The Morgan fingerprint density at radius 3 is 2.46 bits per heavy atom. The summed E-state index contributed by atoms with van der Waals surface area (Å²) in [4.78, 5) is 36.7. The number of methoxy groups -OCH3 is 1. The quantitative estimate of drug-likeness (QED) is 0.374. The lowest BCUT2D eigenvalue weighted by molar-refractivity contribution is -0.900. The van der Waals surface area contributed by atoms with Crippen LogP contribution in [0.15, 0.2) is 48.5 Å². The minimum absolute atomic E-state index is 0.0119. The monoisotopic (exact) mass is 531 g/mol. The second-order valence-electron chi connectivity index (χ2n) is 11.1. The van der Waals surface area contributed by atoms with Crippen LogP contribution in [0.25, 0.3) is 10.9 Å². The fourth-order valence-electron chi connectivity index (χ4n) is 6.42. The molecule has 1 fully saturated rings. The zero-order chi connectivity index (χ0) is 27.4. The van der Waals surface area contributed by atoms with Crippen LogP contribution in [0.5, 0.6) is 5.75 Å². The van der Waals surface area contributed by atoms with E-state index in [1.807, 2.05) is 46.2 Å². The van der Waals surface area contributed by atoms with Crippen LogP contribution in [0, 0.1) is 0 Å². The van der Waals surface area contributed by atoms with E-state index in [9.17, 15) is 9.59 Å². The summed E-state index contributed by atoms with van der Waals surface area (Å²) in [5.74, 6) is 0.822. The molecule has 0 unspecified atom stereocenters. The predicted molar refractivity (Wildman–Crippen MR) is 154 cm³/mol. The Morgan fingerprint density at radius 1 is 0.974 bits per heavy atom. The number of aromatic nitrogens is 1. The first kappa shape index (κ1) is 27.3. The number of hydrogen-bond acceptors (Lipinski definition) is 3. The van der Waals surface area contributed by atoms with Crippen LogP contribution in [0.2, 0.25) is 0 Å². The molecule has 39 heavy (non-hydrogen) atoms. The third-order valence-electron chi connectivity index (χ3n) is 8.48. The highest BCUT2D eigenvalue weighted by Crippen LogP contribution is 2.43. The summed E-state index contributed by atoms with van der Waals surface area (Å²) in [6.07, 6.45) is 6.33.